The molecule has 5 aliphatic heterocycles. The summed E-state index contributed by atoms with van der Waals surface area (Å²) in [6.07, 6.45) is 17.3. The number of nitrogens with one attached hydrogen (secondary N) is 8. The molecule has 2 aromatic carbocycles. The van der Waals surface area contributed by atoms with Crippen molar-refractivity contribution in [2.45, 2.75) is 153 Å². The molecule has 9 aliphatic rings. The van der Waals surface area contributed by atoms with Gasteiger partial charge in [-0.25, -0.2) is 0 Å². The summed E-state index contributed by atoms with van der Waals surface area (Å²) >= 11 is 3.70. The molecule has 2 aromatic rings. The molecule has 5 heterocycles. The van der Waals surface area contributed by atoms with E-state index in [4.69, 9.17) is 0 Å². The fourth-order valence-electron chi connectivity index (χ4n) is 14.6. The fraction of sp³-hybridized carbons (Fsp3) is 0.735. The highest BCUT2D eigenvalue weighted by atomic mass is 32.2. The molecule has 0 aromatic heterocycles. The van der Waals surface area contributed by atoms with Crippen LogP contribution in [-0.2, 0) is 4.79 Å². The van der Waals surface area contributed by atoms with Gasteiger partial charge in [0.15, 0.2) is 0 Å². The molecular formula is C49H74N10O2S2. The molecule has 9 fully saturated rings. The molecule has 4 aliphatic carbocycles. The van der Waals surface area contributed by atoms with E-state index in [2.05, 4.69) is 129 Å². The Hall–Kier alpha value is -2.11. The van der Waals surface area contributed by atoms with E-state index in [9.17, 15) is 9.90 Å². The van der Waals surface area contributed by atoms with E-state index in [0.29, 0.717) is 41.7 Å². The largest absolute Gasteiger partial charge is 0.481 e. The number of fused-ring (bicyclic) bond motifs is 20. The monoisotopic (exact) mass is 899 g/mol. The molecule has 344 valence electrons. The van der Waals surface area contributed by atoms with Crippen molar-refractivity contribution >= 4 is 40.9 Å². The summed E-state index contributed by atoms with van der Waals surface area (Å²) in [5, 5.41) is 45.6. The third-order valence-corrected chi connectivity index (χ3v) is 20.4. The number of carbonyl (C=O) groups is 1. The van der Waals surface area contributed by atoms with Crippen molar-refractivity contribution in [3.05, 3.63) is 48.5 Å². The lowest BCUT2D eigenvalue weighted by molar-refractivity contribution is -0.145. The van der Waals surface area contributed by atoms with Crippen LogP contribution in [0.25, 0.3) is 0 Å². The van der Waals surface area contributed by atoms with Gasteiger partial charge in [-0.1, -0.05) is 50.7 Å². The average Bonchev–Trinajstić information content (AvgIpc) is 4.02. The molecule has 0 radical (unpaired) electrons. The van der Waals surface area contributed by atoms with Gasteiger partial charge in [0, 0.05) is 65.8 Å². The zero-order chi connectivity index (χ0) is 42.9. The van der Waals surface area contributed by atoms with Gasteiger partial charge in [-0.05, 0) is 123 Å². The molecule has 19 atom stereocenters. The van der Waals surface area contributed by atoms with Crippen LogP contribution in [0.5, 0.6) is 0 Å². The summed E-state index contributed by atoms with van der Waals surface area (Å²) in [7, 11) is 8.36. The number of rotatable bonds is 7. The number of carboxylic acid groups (broad SMARTS) is 1. The van der Waals surface area contributed by atoms with Crippen molar-refractivity contribution < 1.29 is 9.90 Å². The van der Waals surface area contributed by atoms with Crippen LogP contribution in [0, 0.1) is 53.3 Å². The Balaban J connectivity index is 0.979. The van der Waals surface area contributed by atoms with Gasteiger partial charge >= 0.3 is 5.97 Å². The van der Waals surface area contributed by atoms with Crippen LogP contribution in [0.15, 0.2) is 58.3 Å². The number of aliphatic carboxylic acids is 1. The second-order valence-corrected chi connectivity index (χ2v) is 23.9. The molecule has 4 saturated carbocycles. The normalized spacial score (nSPS) is 44.2. The van der Waals surface area contributed by atoms with E-state index in [1.807, 2.05) is 11.8 Å². The summed E-state index contributed by atoms with van der Waals surface area (Å²) in [4.78, 5) is 21.0. The van der Waals surface area contributed by atoms with E-state index in [1.165, 1.54) is 87.6 Å². The number of benzene rings is 2. The van der Waals surface area contributed by atoms with Crippen molar-refractivity contribution in [3.8, 4) is 0 Å². The molecule has 14 heteroatoms. The highest BCUT2D eigenvalue weighted by molar-refractivity contribution is 8.03. The zero-order valence-electron chi connectivity index (χ0n) is 37.8. The van der Waals surface area contributed by atoms with Crippen LogP contribution in [0.4, 0.5) is 11.4 Å². The van der Waals surface area contributed by atoms with Crippen LogP contribution in [-0.4, -0.2) is 99.1 Å². The molecule has 8 bridgehead atoms. The fourth-order valence-corrected chi connectivity index (χ4v) is 17.6. The van der Waals surface area contributed by atoms with Gasteiger partial charge in [-0.2, -0.15) is 0 Å². The summed E-state index contributed by atoms with van der Waals surface area (Å²) in [5.41, 5.74) is 2.30. The Kier molecular flexibility index (Phi) is 12.5. The number of anilines is 2. The Morgan fingerprint density at radius 2 is 0.857 bits per heavy atom. The quantitative estimate of drug-likeness (QED) is 0.171. The van der Waals surface area contributed by atoms with Crippen molar-refractivity contribution in [1.82, 2.24) is 42.5 Å². The van der Waals surface area contributed by atoms with Crippen LogP contribution in [0.2, 0.25) is 0 Å². The first-order valence-corrected chi connectivity index (χ1v) is 26.6. The summed E-state index contributed by atoms with van der Waals surface area (Å²) in [6.45, 7) is 0. The Morgan fingerprint density at radius 3 is 1.22 bits per heavy atom. The van der Waals surface area contributed by atoms with Gasteiger partial charge in [0.05, 0.1) is 55.2 Å². The van der Waals surface area contributed by atoms with Crippen LogP contribution in [0.1, 0.15) is 83.5 Å². The van der Waals surface area contributed by atoms with Gasteiger partial charge in [-0.15, -0.1) is 23.5 Å². The van der Waals surface area contributed by atoms with Crippen LogP contribution >= 0.6 is 23.5 Å². The molecule has 0 spiro atoms. The molecule has 9 N–H and O–H groups in total. The maximum absolute atomic E-state index is 14.3. The first kappa shape index (κ1) is 43.5. The van der Waals surface area contributed by atoms with Gasteiger partial charge in [-0.3, -0.25) is 47.3 Å². The minimum absolute atomic E-state index is 0.0329. The minimum atomic E-state index is -0.673. The smallest absolute Gasteiger partial charge is 0.308 e. The molecule has 11 rings (SSSR count). The maximum Gasteiger partial charge on any atom is 0.308 e. The van der Waals surface area contributed by atoms with Crippen molar-refractivity contribution in [2.24, 2.45) is 53.3 Å². The summed E-state index contributed by atoms with van der Waals surface area (Å²) in [6, 6.07) is 17.5. The summed E-state index contributed by atoms with van der Waals surface area (Å²) < 4.78 is 0. The second-order valence-electron chi connectivity index (χ2n) is 21.4. The van der Waals surface area contributed by atoms with Crippen molar-refractivity contribution in [1.29, 1.82) is 0 Å². The first-order chi connectivity index (χ1) is 30.7. The Bertz CT molecular complexity index is 1940. The summed E-state index contributed by atoms with van der Waals surface area (Å²) in [5.74, 6) is 2.17. The highest BCUT2D eigenvalue weighted by Gasteiger charge is 2.60. The average molecular weight is 899 g/mol. The number of nitrogens with zero attached hydrogens (tertiary/aromatic N) is 2. The topological polar surface area (TPSA) is 140 Å². The molecule has 19 unspecified atom stereocenters. The molecular weight excluding hydrogens is 825 g/mol. The molecule has 63 heavy (non-hydrogen) atoms. The predicted octanol–water partition coefficient (Wildman–Crippen LogP) is 5.59. The molecule has 12 nitrogen and oxygen atoms in total. The Morgan fingerprint density at radius 1 is 0.508 bits per heavy atom. The van der Waals surface area contributed by atoms with Gasteiger partial charge in [0.2, 0.25) is 0 Å². The lowest BCUT2D eigenvalue weighted by atomic mass is 9.70. The van der Waals surface area contributed by atoms with E-state index in [1.54, 1.807) is 11.8 Å². The highest BCUT2D eigenvalue weighted by Crippen LogP contribution is 2.54. The molecule has 5 saturated heterocycles. The minimum Gasteiger partial charge on any atom is -0.481 e. The lowest BCUT2D eigenvalue weighted by Gasteiger charge is -2.45. The van der Waals surface area contributed by atoms with E-state index >= 15 is 0 Å². The van der Waals surface area contributed by atoms with Crippen molar-refractivity contribution in [3.63, 3.8) is 0 Å². The van der Waals surface area contributed by atoms with Crippen molar-refractivity contribution in [2.75, 3.05) is 38.0 Å². The first-order valence-electron chi connectivity index (χ1n) is 24.9. The van der Waals surface area contributed by atoms with Crippen LogP contribution in [0.3, 0.4) is 0 Å². The van der Waals surface area contributed by atoms with E-state index < -0.39 is 11.9 Å². The number of thioether (sulfide) groups is 2. The second kappa shape index (κ2) is 18.2. The number of hydrogen-bond donors (Lipinski definition) is 9. The number of carboxylic acids is 1. The van der Waals surface area contributed by atoms with Gasteiger partial charge < -0.3 is 14.9 Å². The lowest BCUT2D eigenvalue weighted by Crippen LogP contribution is -2.62. The van der Waals surface area contributed by atoms with E-state index in [0.717, 1.165) is 17.0 Å². The third kappa shape index (κ3) is 8.37. The molecule has 0 amide bonds. The van der Waals surface area contributed by atoms with Gasteiger partial charge in [0.1, 0.15) is 0 Å². The Labute approximate surface area is 384 Å². The number of hydrogen-bond acceptors (Lipinski definition) is 13. The van der Waals surface area contributed by atoms with Crippen LogP contribution < -0.4 is 52.3 Å². The van der Waals surface area contributed by atoms with E-state index in [-0.39, 0.29) is 65.5 Å². The third-order valence-electron chi connectivity index (χ3n) is 17.5. The predicted molar refractivity (Wildman–Crippen MR) is 255 cm³/mol. The zero-order valence-corrected chi connectivity index (χ0v) is 39.5. The van der Waals surface area contributed by atoms with Gasteiger partial charge in [0.25, 0.3) is 0 Å². The SMILES string of the molecule is CN(C)c1cccc(SC2CC3C4NC5NC(NC6NC(NC7NC(NC(N4)C3C(C(=O)O)C2Sc2cccc(N(C)C)c2)C2CCCCC72)C2CCCCC62)C2CCCCC52)c1. The standard InChI is InChI=1S/C49H74N10O2S2/c1-58(2)26-13-11-15-28(23-26)62-37-25-36-38(39(49(60)61)40(37)63-29-16-12-14-27(24-29)59(3)4)48-56-46-35-22-10-9-21-34(35)44(54-46)52-42-31-18-6-5-17-30(31)41(50-42)51-43-32-19-7-8-20-33(32)45(53-43)55-47(36)57-48/h11-16,23-24,30-48,50-57H,5-10,17-22,25H2,1-4H3,(H,60,61). The maximum atomic E-state index is 14.3.